The number of nitrogens with one attached hydrogen (secondary N) is 2. The van der Waals surface area contributed by atoms with Crippen molar-refractivity contribution in [1.29, 1.82) is 0 Å². The second-order valence-electron chi connectivity index (χ2n) is 6.39. The van der Waals surface area contributed by atoms with Gasteiger partial charge in [-0.25, -0.2) is 4.79 Å². The third-order valence-corrected chi connectivity index (χ3v) is 4.79. The molecule has 0 aliphatic carbocycles. The Morgan fingerprint density at radius 3 is 2.62 bits per heavy atom. The lowest BCUT2D eigenvalue weighted by molar-refractivity contribution is 0.00212. The molecule has 1 aromatic carbocycles. The summed E-state index contributed by atoms with van der Waals surface area (Å²) in [6.45, 7) is 6.19. The molecular formula is C18H27N3O3. The highest BCUT2D eigenvalue weighted by molar-refractivity contribution is 5.73. The molecule has 24 heavy (non-hydrogen) atoms. The number of morpholine rings is 1. The van der Waals surface area contributed by atoms with Gasteiger partial charge in [-0.05, 0) is 12.0 Å². The summed E-state index contributed by atoms with van der Waals surface area (Å²) in [7, 11) is 0. The summed E-state index contributed by atoms with van der Waals surface area (Å²) in [4.78, 5) is 14.6. The second-order valence-corrected chi connectivity index (χ2v) is 6.39. The second kappa shape index (κ2) is 9.01. The van der Waals surface area contributed by atoms with E-state index in [-0.39, 0.29) is 6.03 Å². The maximum Gasteiger partial charge on any atom is 0.315 e. The molecule has 2 saturated heterocycles. The lowest BCUT2D eigenvalue weighted by Gasteiger charge is -2.37. The third-order valence-electron chi connectivity index (χ3n) is 4.79. The highest BCUT2D eigenvalue weighted by Gasteiger charge is 2.31. The van der Waals surface area contributed by atoms with Gasteiger partial charge in [0.05, 0.1) is 19.8 Å². The van der Waals surface area contributed by atoms with Crippen LogP contribution in [0.4, 0.5) is 4.79 Å². The van der Waals surface area contributed by atoms with Crippen molar-refractivity contribution in [2.45, 2.75) is 19.0 Å². The van der Waals surface area contributed by atoms with Crippen molar-refractivity contribution >= 4 is 6.03 Å². The van der Waals surface area contributed by atoms with Crippen LogP contribution < -0.4 is 10.6 Å². The molecule has 6 heteroatoms. The van der Waals surface area contributed by atoms with E-state index < -0.39 is 0 Å². The number of amides is 2. The highest BCUT2D eigenvalue weighted by atomic mass is 16.5. The number of carbonyl (C=O) groups is 1. The fraction of sp³-hybridized carbons (Fsp3) is 0.611. The maximum absolute atomic E-state index is 12.1. The molecule has 2 fully saturated rings. The van der Waals surface area contributed by atoms with Crippen LogP contribution in [0.15, 0.2) is 30.3 Å². The Kier molecular flexibility index (Phi) is 6.46. The van der Waals surface area contributed by atoms with Gasteiger partial charge >= 0.3 is 6.03 Å². The molecule has 2 heterocycles. The summed E-state index contributed by atoms with van der Waals surface area (Å²) >= 11 is 0. The Morgan fingerprint density at radius 1 is 1.12 bits per heavy atom. The monoisotopic (exact) mass is 333 g/mol. The third kappa shape index (κ3) is 4.93. The average Bonchev–Trinajstić information content (AvgIpc) is 3.16. The van der Waals surface area contributed by atoms with Gasteiger partial charge in [0.2, 0.25) is 0 Å². The molecule has 2 amide bonds. The van der Waals surface area contributed by atoms with E-state index >= 15 is 0 Å². The molecule has 0 saturated carbocycles. The molecule has 2 aliphatic heterocycles. The summed E-state index contributed by atoms with van der Waals surface area (Å²) in [5, 5.41) is 5.96. The van der Waals surface area contributed by atoms with E-state index in [1.807, 2.05) is 30.3 Å². The fourth-order valence-corrected chi connectivity index (χ4v) is 3.40. The van der Waals surface area contributed by atoms with E-state index in [1.165, 1.54) is 0 Å². The van der Waals surface area contributed by atoms with Gasteiger partial charge in [-0.1, -0.05) is 30.3 Å². The van der Waals surface area contributed by atoms with Gasteiger partial charge in [0.1, 0.15) is 0 Å². The lowest BCUT2D eigenvalue weighted by atomic mass is 9.97. The summed E-state index contributed by atoms with van der Waals surface area (Å²) in [5.41, 5.74) is 1.10. The molecule has 0 bridgehead atoms. The first kappa shape index (κ1) is 17.2. The standard InChI is InChI=1S/C18H27N3O3/c22-18(19-12-15-4-2-1-3-5-15)20-13-17(16-6-9-24-14-16)21-7-10-23-11-8-21/h1-5,16-17H,6-14H2,(H2,19,20,22). The van der Waals surface area contributed by atoms with E-state index in [4.69, 9.17) is 9.47 Å². The molecule has 132 valence electrons. The van der Waals surface area contributed by atoms with Crippen LogP contribution in [-0.4, -0.2) is 63.0 Å². The molecule has 2 atom stereocenters. The fourth-order valence-electron chi connectivity index (χ4n) is 3.40. The average molecular weight is 333 g/mol. The van der Waals surface area contributed by atoms with E-state index in [0.717, 1.165) is 51.5 Å². The predicted molar refractivity (Wildman–Crippen MR) is 91.8 cm³/mol. The highest BCUT2D eigenvalue weighted by Crippen LogP contribution is 2.21. The van der Waals surface area contributed by atoms with Crippen molar-refractivity contribution in [3.8, 4) is 0 Å². The van der Waals surface area contributed by atoms with Crippen molar-refractivity contribution in [3.05, 3.63) is 35.9 Å². The number of hydrogen-bond acceptors (Lipinski definition) is 4. The zero-order valence-electron chi connectivity index (χ0n) is 14.1. The van der Waals surface area contributed by atoms with Crippen LogP contribution in [0.5, 0.6) is 0 Å². The largest absolute Gasteiger partial charge is 0.381 e. The number of hydrogen-bond donors (Lipinski definition) is 2. The quantitative estimate of drug-likeness (QED) is 0.822. The van der Waals surface area contributed by atoms with Crippen LogP contribution in [0.25, 0.3) is 0 Å². The number of urea groups is 1. The van der Waals surface area contributed by atoms with Crippen molar-refractivity contribution in [3.63, 3.8) is 0 Å². The Morgan fingerprint density at radius 2 is 1.92 bits per heavy atom. The molecule has 0 aromatic heterocycles. The number of ether oxygens (including phenoxy) is 2. The van der Waals surface area contributed by atoms with Crippen LogP contribution in [0.3, 0.4) is 0 Å². The smallest absolute Gasteiger partial charge is 0.315 e. The van der Waals surface area contributed by atoms with Crippen LogP contribution >= 0.6 is 0 Å². The zero-order chi connectivity index (χ0) is 16.6. The van der Waals surface area contributed by atoms with Gasteiger partial charge in [0.15, 0.2) is 0 Å². The van der Waals surface area contributed by atoms with E-state index in [1.54, 1.807) is 0 Å². The molecule has 2 unspecified atom stereocenters. The first-order chi connectivity index (χ1) is 11.8. The molecule has 1 aromatic rings. The van der Waals surface area contributed by atoms with Crippen molar-refractivity contribution in [2.24, 2.45) is 5.92 Å². The number of carbonyl (C=O) groups excluding carboxylic acids is 1. The molecule has 6 nitrogen and oxygen atoms in total. The predicted octanol–water partition coefficient (Wildman–Crippen LogP) is 1.22. The molecule has 0 radical (unpaired) electrons. The van der Waals surface area contributed by atoms with E-state index in [2.05, 4.69) is 15.5 Å². The minimum absolute atomic E-state index is 0.115. The normalized spacial score (nSPS) is 22.9. The van der Waals surface area contributed by atoms with E-state index in [9.17, 15) is 4.79 Å². The molecular weight excluding hydrogens is 306 g/mol. The van der Waals surface area contributed by atoms with Crippen LogP contribution in [0, 0.1) is 5.92 Å². The van der Waals surface area contributed by atoms with Gasteiger partial charge in [-0.3, -0.25) is 4.90 Å². The number of rotatable bonds is 6. The first-order valence-corrected chi connectivity index (χ1v) is 8.78. The Balaban J connectivity index is 1.47. The minimum atomic E-state index is -0.115. The SMILES string of the molecule is O=C(NCc1ccccc1)NCC(C1CCOC1)N1CCOCC1. The number of benzene rings is 1. The van der Waals surface area contributed by atoms with Crippen molar-refractivity contribution < 1.29 is 14.3 Å². The number of nitrogens with zero attached hydrogens (tertiary/aromatic N) is 1. The summed E-state index contributed by atoms with van der Waals surface area (Å²) < 4.78 is 11.0. The molecule has 2 aliphatic rings. The van der Waals surface area contributed by atoms with Gasteiger partial charge in [-0.15, -0.1) is 0 Å². The van der Waals surface area contributed by atoms with Crippen LogP contribution in [-0.2, 0) is 16.0 Å². The topological polar surface area (TPSA) is 62.8 Å². The van der Waals surface area contributed by atoms with E-state index in [0.29, 0.717) is 25.0 Å². The Hall–Kier alpha value is -1.63. The van der Waals surface area contributed by atoms with Gasteiger partial charge < -0.3 is 20.1 Å². The maximum atomic E-state index is 12.1. The van der Waals surface area contributed by atoms with Crippen LogP contribution in [0.1, 0.15) is 12.0 Å². The lowest BCUT2D eigenvalue weighted by Crippen LogP contribution is -2.53. The van der Waals surface area contributed by atoms with Gasteiger partial charge in [0, 0.05) is 44.7 Å². The van der Waals surface area contributed by atoms with Crippen LogP contribution in [0.2, 0.25) is 0 Å². The summed E-state index contributed by atoms with van der Waals surface area (Å²) in [6.07, 6.45) is 1.06. The zero-order valence-corrected chi connectivity index (χ0v) is 14.1. The molecule has 3 rings (SSSR count). The van der Waals surface area contributed by atoms with Gasteiger partial charge in [-0.2, -0.15) is 0 Å². The van der Waals surface area contributed by atoms with Crippen molar-refractivity contribution in [1.82, 2.24) is 15.5 Å². The molecule has 0 spiro atoms. The molecule has 2 N–H and O–H groups in total. The van der Waals surface area contributed by atoms with Crippen molar-refractivity contribution in [2.75, 3.05) is 46.1 Å². The Bertz CT molecular complexity index is 499. The first-order valence-electron chi connectivity index (χ1n) is 8.78. The summed E-state index contributed by atoms with van der Waals surface area (Å²) in [6, 6.07) is 10.1. The Labute approximate surface area is 143 Å². The summed E-state index contributed by atoms with van der Waals surface area (Å²) in [5.74, 6) is 0.484. The van der Waals surface area contributed by atoms with Gasteiger partial charge in [0.25, 0.3) is 0 Å². The minimum Gasteiger partial charge on any atom is -0.381 e.